The zero-order valence-corrected chi connectivity index (χ0v) is 10.4. The highest BCUT2D eigenvalue weighted by atomic mass is 15.3. The molecule has 4 heteroatoms. The maximum atomic E-state index is 5.74. The molecule has 0 amide bonds. The van der Waals surface area contributed by atoms with Crippen LogP contribution < -0.4 is 16.4 Å². The summed E-state index contributed by atoms with van der Waals surface area (Å²) in [6.07, 6.45) is 2.98. The summed E-state index contributed by atoms with van der Waals surface area (Å²) in [7, 11) is 0. The molecule has 0 spiro atoms. The van der Waals surface area contributed by atoms with Crippen LogP contribution in [0.1, 0.15) is 19.8 Å². The van der Waals surface area contributed by atoms with Crippen LogP contribution in [-0.4, -0.2) is 50.3 Å². The Labute approximate surface area is 98.9 Å². The van der Waals surface area contributed by atoms with Gasteiger partial charge in [0.05, 0.1) is 6.17 Å². The zero-order chi connectivity index (χ0) is 11.4. The summed E-state index contributed by atoms with van der Waals surface area (Å²) >= 11 is 0. The minimum Gasteiger partial charge on any atom is -0.330 e. The van der Waals surface area contributed by atoms with Crippen molar-refractivity contribution in [1.82, 2.24) is 15.5 Å². The molecule has 0 saturated carbocycles. The molecule has 93 valence electrons. The average molecular weight is 225 g/mol. The monoisotopic (exact) mass is 225 g/mol. The van der Waals surface area contributed by atoms with Crippen LogP contribution in [0, 0.1) is 11.8 Å². The number of rotatable bonds is 5. The van der Waals surface area contributed by atoms with Crippen molar-refractivity contribution in [1.29, 1.82) is 0 Å². The van der Waals surface area contributed by atoms with Gasteiger partial charge in [-0.1, -0.05) is 6.92 Å². The van der Waals surface area contributed by atoms with Crippen LogP contribution in [0.2, 0.25) is 0 Å². The van der Waals surface area contributed by atoms with E-state index >= 15 is 0 Å². The van der Waals surface area contributed by atoms with Gasteiger partial charge in [0.15, 0.2) is 0 Å². The number of hydrogen-bond donors (Lipinski definition) is 2. The van der Waals surface area contributed by atoms with E-state index in [1.165, 1.54) is 19.4 Å². The summed E-state index contributed by atoms with van der Waals surface area (Å²) in [5.74, 6) is 1.42. The van der Waals surface area contributed by atoms with E-state index in [4.69, 9.17) is 11.1 Å². The van der Waals surface area contributed by atoms with Gasteiger partial charge in [-0.15, -0.1) is 0 Å². The van der Waals surface area contributed by atoms with Crippen LogP contribution >= 0.6 is 0 Å². The molecule has 3 N–H and O–H groups in total. The van der Waals surface area contributed by atoms with Gasteiger partial charge in [-0.05, 0) is 31.8 Å². The number of likely N-dealkylation sites (tertiary alicyclic amines) is 1. The van der Waals surface area contributed by atoms with Crippen LogP contribution in [0.25, 0.3) is 0 Å². The smallest absolute Gasteiger partial charge is 0.0802 e. The van der Waals surface area contributed by atoms with Gasteiger partial charge in [-0.25, -0.2) is 5.32 Å². The summed E-state index contributed by atoms with van der Waals surface area (Å²) in [5.41, 5.74) is 5.74. The van der Waals surface area contributed by atoms with Crippen molar-refractivity contribution in [3.63, 3.8) is 0 Å². The minimum absolute atomic E-state index is 0.468. The van der Waals surface area contributed by atoms with Crippen LogP contribution in [0.3, 0.4) is 0 Å². The quantitative estimate of drug-likeness (QED) is 0.683. The Bertz CT molecular complexity index is 209. The van der Waals surface area contributed by atoms with Gasteiger partial charge in [-0.3, -0.25) is 4.90 Å². The molecular formula is C12H25N4. The van der Waals surface area contributed by atoms with E-state index in [1.54, 1.807) is 0 Å². The molecular weight excluding hydrogens is 200 g/mol. The summed E-state index contributed by atoms with van der Waals surface area (Å²) in [5, 5.41) is 8.22. The van der Waals surface area contributed by atoms with E-state index in [1.807, 2.05) is 0 Å². The van der Waals surface area contributed by atoms with Crippen molar-refractivity contribution < 1.29 is 0 Å². The van der Waals surface area contributed by atoms with E-state index < -0.39 is 0 Å². The van der Waals surface area contributed by atoms with Crippen LogP contribution in [-0.2, 0) is 0 Å². The SMILES string of the molecule is CCNCC1CC[N]C1N1CCC(CN)C1. The van der Waals surface area contributed by atoms with Crippen molar-refractivity contribution in [2.24, 2.45) is 17.6 Å². The number of nitrogens with two attached hydrogens (primary N) is 1. The normalized spacial score (nSPS) is 36.0. The predicted octanol–water partition coefficient (Wildman–Crippen LogP) is -0.173. The van der Waals surface area contributed by atoms with Crippen LogP contribution in [0.5, 0.6) is 0 Å². The lowest BCUT2D eigenvalue weighted by atomic mass is 10.1. The lowest BCUT2D eigenvalue weighted by Gasteiger charge is -2.28. The second-order valence-electron chi connectivity index (χ2n) is 5.06. The Kier molecular flexibility index (Phi) is 4.58. The summed E-state index contributed by atoms with van der Waals surface area (Å²) < 4.78 is 0. The summed E-state index contributed by atoms with van der Waals surface area (Å²) in [4.78, 5) is 2.55. The Balaban J connectivity index is 1.83. The lowest BCUT2D eigenvalue weighted by molar-refractivity contribution is 0.168. The second kappa shape index (κ2) is 5.96. The maximum Gasteiger partial charge on any atom is 0.0802 e. The fraction of sp³-hybridized carbons (Fsp3) is 1.00. The van der Waals surface area contributed by atoms with Crippen molar-refractivity contribution >= 4 is 0 Å². The van der Waals surface area contributed by atoms with E-state index in [0.29, 0.717) is 12.1 Å². The average Bonchev–Trinajstić information content (AvgIpc) is 2.94. The van der Waals surface area contributed by atoms with Gasteiger partial charge >= 0.3 is 0 Å². The van der Waals surface area contributed by atoms with Gasteiger partial charge in [-0.2, -0.15) is 0 Å². The highest BCUT2D eigenvalue weighted by Crippen LogP contribution is 2.25. The van der Waals surface area contributed by atoms with Crippen LogP contribution in [0.4, 0.5) is 0 Å². The Morgan fingerprint density at radius 3 is 3.00 bits per heavy atom. The predicted molar refractivity (Wildman–Crippen MR) is 66.2 cm³/mol. The molecule has 2 aliphatic rings. The van der Waals surface area contributed by atoms with Gasteiger partial charge in [0.1, 0.15) is 0 Å². The molecule has 0 aromatic carbocycles. The largest absolute Gasteiger partial charge is 0.330 e. The maximum absolute atomic E-state index is 5.74. The zero-order valence-electron chi connectivity index (χ0n) is 10.4. The Hall–Kier alpha value is -0.160. The molecule has 2 saturated heterocycles. The van der Waals surface area contributed by atoms with Crippen LogP contribution in [0.15, 0.2) is 0 Å². The molecule has 0 aliphatic carbocycles. The molecule has 2 heterocycles. The first-order valence-electron chi connectivity index (χ1n) is 6.66. The highest BCUT2D eigenvalue weighted by molar-refractivity contribution is 4.89. The Morgan fingerprint density at radius 2 is 2.31 bits per heavy atom. The molecule has 2 aliphatic heterocycles. The third-order valence-electron chi connectivity index (χ3n) is 3.92. The molecule has 0 aromatic heterocycles. The van der Waals surface area contributed by atoms with Gasteiger partial charge in [0.2, 0.25) is 0 Å². The molecule has 2 rings (SSSR count). The first-order valence-corrected chi connectivity index (χ1v) is 6.66. The second-order valence-corrected chi connectivity index (χ2v) is 5.06. The Morgan fingerprint density at radius 1 is 1.44 bits per heavy atom. The van der Waals surface area contributed by atoms with Gasteiger partial charge in [0, 0.05) is 32.1 Å². The highest BCUT2D eigenvalue weighted by Gasteiger charge is 2.35. The third-order valence-corrected chi connectivity index (χ3v) is 3.92. The molecule has 16 heavy (non-hydrogen) atoms. The van der Waals surface area contributed by atoms with Crippen molar-refractivity contribution in [2.45, 2.75) is 25.9 Å². The molecule has 2 fully saturated rings. The number of hydrogen-bond acceptors (Lipinski definition) is 3. The molecule has 1 radical (unpaired) electrons. The summed E-state index contributed by atoms with van der Waals surface area (Å²) in [6.45, 7) is 8.59. The van der Waals surface area contributed by atoms with E-state index in [2.05, 4.69) is 17.1 Å². The summed E-state index contributed by atoms with van der Waals surface area (Å²) in [6, 6.07) is 0. The van der Waals surface area contributed by atoms with Gasteiger partial charge in [0.25, 0.3) is 0 Å². The fourth-order valence-electron chi connectivity index (χ4n) is 2.92. The lowest BCUT2D eigenvalue weighted by Crippen LogP contribution is -2.44. The standard InChI is InChI=1S/C12H25N4/c1-2-14-8-11-3-5-15-12(11)16-6-4-10(7-13)9-16/h10-12,14H,2-9,13H2,1H3. The van der Waals surface area contributed by atoms with Gasteiger partial charge < -0.3 is 11.1 Å². The first kappa shape index (κ1) is 12.3. The fourth-order valence-corrected chi connectivity index (χ4v) is 2.92. The first-order chi connectivity index (χ1) is 7.85. The number of nitrogens with zero attached hydrogens (tertiary/aromatic N) is 2. The van der Waals surface area contributed by atoms with E-state index in [0.717, 1.165) is 38.6 Å². The molecule has 3 atom stereocenters. The number of nitrogens with one attached hydrogen (secondary N) is 1. The van der Waals surface area contributed by atoms with E-state index in [9.17, 15) is 0 Å². The molecule has 0 aromatic rings. The van der Waals surface area contributed by atoms with Crippen molar-refractivity contribution in [2.75, 3.05) is 39.3 Å². The molecule has 3 unspecified atom stereocenters. The van der Waals surface area contributed by atoms with E-state index in [-0.39, 0.29) is 0 Å². The minimum atomic E-state index is 0.468. The van der Waals surface area contributed by atoms with Crippen molar-refractivity contribution in [3.8, 4) is 0 Å². The third kappa shape index (κ3) is 2.74. The molecule has 0 bridgehead atoms. The van der Waals surface area contributed by atoms with Crippen molar-refractivity contribution in [3.05, 3.63) is 0 Å². The molecule has 4 nitrogen and oxygen atoms in total. The topological polar surface area (TPSA) is 55.4 Å².